The van der Waals surface area contributed by atoms with E-state index in [2.05, 4.69) is 0 Å². The standard InChI is InChI=1S/C11H18N2O5S/c1-3-12(5-9(14)18-4-2)11(17)13-7-19-6-8(13)10(15)16/h8H,3-7H2,1-2H3,(H,15,16). The maximum absolute atomic E-state index is 12.2. The maximum Gasteiger partial charge on any atom is 0.327 e. The smallest absolute Gasteiger partial charge is 0.327 e. The number of hydrogen-bond donors (Lipinski definition) is 1. The Morgan fingerprint density at radius 1 is 1.42 bits per heavy atom. The van der Waals surface area contributed by atoms with Gasteiger partial charge in [-0.15, -0.1) is 11.8 Å². The van der Waals surface area contributed by atoms with Gasteiger partial charge in [0.25, 0.3) is 0 Å². The van der Waals surface area contributed by atoms with E-state index in [-0.39, 0.29) is 13.2 Å². The number of carbonyl (C=O) groups is 3. The van der Waals surface area contributed by atoms with Crippen molar-refractivity contribution in [2.24, 2.45) is 0 Å². The molecule has 7 nitrogen and oxygen atoms in total. The first-order chi connectivity index (χ1) is 9.01. The summed E-state index contributed by atoms with van der Waals surface area (Å²) in [5, 5.41) is 9.04. The average Bonchev–Trinajstić information content (AvgIpc) is 2.84. The molecule has 0 aliphatic carbocycles. The summed E-state index contributed by atoms with van der Waals surface area (Å²) >= 11 is 1.39. The zero-order chi connectivity index (χ0) is 14.4. The predicted molar refractivity (Wildman–Crippen MR) is 69.9 cm³/mol. The Labute approximate surface area is 115 Å². The summed E-state index contributed by atoms with van der Waals surface area (Å²) < 4.78 is 4.79. The summed E-state index contributed by atoms with van der Waals surface area (Å²) in [5.74, 6) is -0.811. The number of rotatable bonds is 5. The van der Waals surface area contributed by atoms with Gasteiger partial charge in [0, 0.05) is 12.3 Å². The van der Waals surface area contributed by atoms with Crippen LogP contribution in [0.1, 0.15) is 13.8 Å². The zero-order valence-electron chi connectivity index (χ0n) is 11.0. The van der Waals surface area contributed by atoms with E-state index in [1.54, 1.807) is 13.8 Å². The van der Waals surface area contributed by atoms with Gasteiger partial charge in [-0.3, -0.25) is 4.79 Å². The molecule has 0 saturated carbocycles. The third kappa shape index (κ3) is 4.02. The molecule has 1 aliphatic heterocycles. The number of esters is 1. The van der Waals surface area contributed by atoms with Crippen molar-refractivity contribution >= 4 is 29.7 Å². The van der Waals surface area contributed by atoms with Crippen molar-refractivity contribution in [3.8, 4) is 0 Å². The van der Waals surface area contributed by atoms with Crippen molar-refractivity contribution in [2.45, 2.75) is 19.9 Å². The van der Waals surface area contributed by atoms with Gasteiger partial charge in [0.1, 0.15) is 12.6 Å². The fourth-order valence-electron chi connectivity index (χ4n) is 1.69. The highest BCUT2D eigenvalue weighted by Gasteiger charge is 2.36. The van der Waals surface area contributed by atoms with Crippen LogP contribution >= 0.6 is 11.8 Å². The first kappa shape index (κ1) is 15.6. The normalized spacial score (nSPS) is 18.2. The molecule has 1 aliphatic rings. The van der Waals surface area contributed by atoms with E-state index in [1.807, 2.05) is 0 Å². The van der Waals surface area contributed by atoms with Gasteiger partial charge in [-0.2, -0.15) is 0 Å². The lowest BCUT2D eigenvalue weighted by Gasteiger charge is -2.28. The van der Waals surface area contributed by atoms with Crippen LogP contribution in [0.3, 0.4) is 0 Å². The minimum atomic E-state index is -1.02. The molecule has 2 amide bonds. The topological polar surface area (TPSA) is 87.2 Å². The fourth-order valence-corrected chi connectivity index (χ4v) is 2.83. The minimum Gasteiger partial charge on any atom is -0.480 e. The highest BCUT2D eigenvalue weighted by molar-refractivity contribution is 7.99. The van der Waals surface area contributed by atoms with Gasteiger partial charge in [0.15, 0.2) is 0 Å². The molecule has 1 N–H and O–H groups in total. The van der Waals surface area contributed by atoms with Crippen molar-refractivity contribution in [3.63, 3.8) is 0 Å². The van der Waals surface area contributed by atoms with Crippen molar-refractivity contribution < 1.29 is 24.2 Å². The molecule has 1 fully saturated rings. The molecule has 108 valence electrons. The Hall–Kier alpha value is -1.44. The van der Waals surface area contributed by atoms with E-state index in [0.717, 1.165) is 0 Å². The number of amides is 2. The number of hydrogen-bond acceptors (Lipinski definition) is 5. The molecule has 0 aromatic rings. The summed E-state index contributed by atoms with van der Waals surface area (Å²) in [6, 6.07) is -1.26. The van der Waals surface area contributed by atoms with Crippen molar-refractivity contribution in [1.29, 1.82) is 0 Å². The van der Waals surface area contributed by atoms with E-state index >= 15 is 0 Å². The molecular formula is C11H18N2O5S. The number of carbonyl (C=O) groups excluding carboxylic acids is 2. The molecule has 0 radical (unpaired) electrons. The number of nitrogens with zero attached hydrogens (tertiary/aromatic N) is 2. The van der Waals surface area contributed by atoms with Gasteiger partial charge in [0.2, 0.25) is 0 Å². The Bertz CT molecular complexity index is 363. The molecule has 1 atom stereocenters. The molecule has 19 heavy (non-hydrogen) atoms. The Morgan fingerprint density at radius 2 is 2.11 bits per heavy atom. The third-order valence-electron chi connectivity index (χ3n) is 2.69. The lowest BCUT2D eigenvalue weighted by atomic mass is 10.3. The molecule has 0 aromatic heterocycles. The first-order valence-electron chi connectivity index (χ1n) is 6.02. The predicted octanol–water partition coefficient (Wildman–Crippen LogP) is 0.451. The molecule has 1 heterocycles. The number of urea groups is 1. The summed E-state index contributed by atoms with van der Waals surface area (Å²) in [5.41, 5.74) is 0. The van der Waals surface area contributed by atoms with Crippen LogP contribution in [0, 0.1) is 0 Å². The van der Waals surface area contributed by atoms with Crippen LogP contribution in [0.5, 0.6) is 0 Å². The molecule has 0 aromatic carbocycles. The SMILES string of the molecule is CCOC(=O)CN(CC)C(=O)N1CSCC1C(=O)O. The molecular weight excluding hydrogens is 272 g/mol. The number of likely N-dealkylation sites (N-methyl/N-ethyl adjacent to an activating group) is 1. The van der Waals surface area contributed by atoms with Gasteiger partial charge < -0.3 is 19.6 Å². The Balaban J connectivity index is 2.67. The zero-order valence-corrected chi connectivity index (χ0v) is 11.8. The van der Waals surface area contributed by atoms with E-state index in [4.69, 9.17) is 9.84 Å². The second-order valence-corrected chi connectivity index (χ2v) is 4.93. The fraction of sp³-hybridized carbons (Fsp3) is 0.727. The molecule has 1 rings (SSSR count). The van der Waals surface area contributed by atoms with Gasteiger partial charge in [-0.25, -0.2) is 9.59 Å². The largest absolute Gasteiger partial charge is 0.480 e. The van der Waals surface area contributed by atoms with Crippen LogP contribution in [0.4, 0.5) is 4.79 Å². The number of aliphatic carboxylic acids is 1. The van der Waals surface area contributed by atoms with Crippen LogP contribution in [0.2, 0.25) is 0 Å². The van der Waals surface area contributed by atoms with E-state index in [9.17, 15) is 14.4 Å². The maximum atomic E-state index is 12.2. The van der Waals surface area contributed by atoms with Gasteiger partial charge in [0.05, 0.1) is 12.5 Å². The molecule has 1 saturated heterocycles. The second kappa shape index (κ2) is 7.22. The highest BCUT2D eigenvalue weighted by atomic mass is 32.2. The number of carboxylic acid groups (broad SMARTS) is 1. The van der Waals surface area contributed by atoms with Crippen LogP contribution in [0.15, 0.2) is 0 Å². The average molecular weight is 290 g/mol. The van der Waals surface area contributed by atoms with Crippen molar-refractivity contribution in [2.75, 3.05) is 31.3 Å². The summed E-state index contributed by atoms with van der Waals surface area (Å²) in [6.45, 7) is 3.84. The summed E-state index contributed by atoms with van der Waals surface area (Å²) in [6.07, 6.45) is 0. The van der Waals surface area contributed by atoms with Crippen LogP contribution in [-0.2, 0) is 14.3 Å². The molecule has 0 bridgehead atoms. The number of carboxylic acids is 1. The molecule has 0 spiro atoms. The first-order valence-corrected chi connectivity index (χ1v) is 7.18. The number of ether oxygens (including phenoxy) is 1. The second-order valence-electron chi connectivity index (χ2n) is 3.93. The van der Waals surface area contributed by atoms with Crippen molar-refractivity contribution in [1.82, 2.24) is 9.80 Å². The molecule has 1 unspecified atom stereocenters. The van der Waals surface area contributed by atoms with E-state index in [1.165, 1.54) is 21.6 Å². The quantitative estimate of drug-likeness (QED) is 0.740. The Kier molecular flexibility index (Phi) is 5.94. The third-order valence-corrected chi connectivity index (χ3v) is 3.70. The highest BCUT2D eigenvalue weighted by Crippen LogP contribution is 2.22. The van der Waals surface area contributed by atoms with Crippen LogP contribution < -0.4 is 0 Å². The van der Waals surface area contributed by atoms with E-state index < -0.39 is 24.0 Å². The number of thioether (sulfide) groups is 1. The van der Waals surface area contributed by atoms with Crippen LogP contribution in [-0.4, -0.2) is 70.2 Å². The van der Waals surface area contributed by atoms with Crippen LogP contribution in [0.25, 0.3) is 0 Å². The monoisotopic (exact) mass is 290 g/mol. The van der Waals surface area contributed by atoms with Crippen molar-refractivity contribution in [3.05, 3.63) is 0 Å². The summed E-state index contributed by atoms with van der Waals surface area (Å²) in [7, 11) is 0. The lowest BCUT2D eigenvalue weighted by molar-refractivity contribution is -0.143. The molecule has 8 heteroatoms. The van der Waals surface area contributed by atoms with Gasteiger partial charge in [-0.1, -0.05) is 0 Å². The van der Waals surface area contributed by atoms with Gasteiger partial charge in [-0.05, 0) is 13.8 Å². The Morgan fingerprint density at radius 3 is 2.63 bits per heavy atom. The minimum absolute atomic E-state index is 0.156. The lowest BCUT2D eigenvalue weighted by Crippen LogP contribution is -2.50. The van der Waals surface area contributed by atoms with Gasteiger partial charge >= 0.3 is 18.0 Å². The summed E-state index contributed by atoms with van der Waals surface area (Å²) in [4.78, 5) is 37.2. The van der Waals surface area contributed by atoms with E-state index in [0.29, 0.717) is 18.2 Å².